The number of rotatable bonds is 9. The molecular formula is C22H29N5O4S. The van der Waals surface area contributed by atoms with Crippen LogP contribution in [-0.4, -0.2) is 71.3 Å². The van der Waals surface area contributed by atoms with E-state index in [9.17, 15) is 10.2 Å². The second kappa shape index (κ2) is 9.95. The Balaban J connectivity index is 1.71. The number of thiazole rings is 1. The first-order valence-electron chi connectivity index (χ1n) is 10.6. The van der Waals surface area contributed by atoms with Crippen LogP contribution in [0.5, 0.6) is 5.75 Å². The van der Waals surface area contributed by atoms with Crippen molar-refractivity contribution in [3.05, 3.63) is 23.9 Å². The standard InChI is InChI=1S/C22H29N5O4S/c1-12-19(21-26-16-10-15(31-3)4-5-18(16)32-21)20(27-22(24-12)23-6-7-30-2)25-14-8-13(11-28)17(29)9-14/h4-5,10,13-14,17,28-29H,6-9,11H2,1-3H3,(H2,23,24,25,27)/t13-,14-,17+/m1/s1. The lowest BCUT2D eigenvalue weighted by Crippen LogP contribution is -2.20. The molecule has 4 rings (SSSR count). The second-order valence-corrected chi connectivity index (χ2v) is 8.98. The van der Waals surface area contributed by atoms with Gasteiger partial charge in [-0.3, -0.25) is 0 Å². The Labute approximate surface area is 190 Å². The number of hydrogen-bond donors (Lipinski definition) is 4. The van der Waals surface area contributed by atoms with Gasteiger partial charge in [-0.1, -0.05) is 0 Å². The van der Waals surface area contributed by atoms with E-state index < -0.39 is 6.10 Å². The van der Waals surface area contributed by atoms with E-state index in [0.29, 0.717) is 37.8 Å². The van der Waals surface area contributed by atoms with Crippen molar-refractivity contribution >= 4 is 33.3 Å². The molecule has 1 fully saturated rings. The average molecular weight is 460 g/mol. The van der Waals surface area contributed by atoms with E-state index in [-0.39, 0.29) is 18.6 Å². The smallest absolute Gasteiger partial charge is 0.224 e. The van der Waals surface area contributed by atoms with Crippen LogP contribution in [0.2, 0.25) is 0 Å². The molecule has 2 aromatic heterocycles. The Morgan fingerprint density at radius 2 is 2.03 bits per heavy atom. The van der Waals surface area contributed by atoms with Crippen LogP contribution in [0.15, 0.2) is 18.2 Å². The predicted octanol–water partition coefficient (Wildman–Crippen LogP) is 2.67. The molecular weight excluding hydrogens is 430 g/mol. The molecule has 1 aromatic carbocycles. The molecule has 0 saturated heterocycles. The van der Waals surface area contributed by atoms with Gasteiger partial charge in [0.25, 0.3) is 0 Å². The molecule has 0 amide bonds. The lowest BCUT2D eigenvalue weighted by molar-refractivity contribution is 0.0908. The summed E-state index contributed by atoms with van der Waals surface area (Å²) in [7, 11) is 3.29. The minimum Gasteiger partial charge on any atom is -0.497 e. The van der Waals surface area contributed by atoms with Crippen LogP contribution in [-0.2, 0) is 4.74 Å². The number of aliphatic hydroxyl groups is 2. The van der Waals surface area contributed by atoms with Crippen molar-refractivity contribution in [2.45, 2.75) is 31.9 Å². The van der Waals surface area contributed by atoms with Gasteiger partial charge < -0.3 is 30.3 Å². The molecule has 2 heterocycles. The molecule has 1 aliphatic rings. The van der Waals surface area contributed by atoms with Gasteiger partial charge in [0.05, 0.1) is 41.3 Å². The molecule has 0 spiro atoms. The highest BCUT2D eigenvalue weighted by atomic mass is 32.1. The van der Waals surface area contributed by atoms with E-state index in [4.69, 9.17) is 19.4 Å². The zero-order valence-corrected chi connectivity index (χ0v) is 19.3. The summed E-state index contributed by atoms with van der Waals surface area (Å²) < 4.78 is 11.5. The number of ether oxygens (including phenoxy) is 2. The first-order valence-corrected chi connectivity index (χ1v) is 11.5. The number of nitrogens with zero attached hydrogens (tertiary/aromatic N) is 3. The van der Waals surface area contributed by atoms with E-state index in [2.05, 4.69) is 15.6 Å². The molecule has 172 valence electrons. The van der Waals surface area contributed by atoms with Crippen molar-refractivity contribution in [1.29, 1.82) is 0 Å². The third-order valence-corrected chi connectivity index (χ3v) is 6.77. The first kappa shape index (κ1) is 22.7. The summed E-state index contributed by atoms with van der Waals surface area (Å²) in [6, 6.07) is 5.83. The molecule has 0 bridgehead atoms. The number of aliphatic hydroxyl groups excluding tert-OH is 2. The Bertz CT molecular complexity index is 1080. The van der Waals surface area contributed by atoms with E-state index in [1.807, 2.05) is 25.1 Å². The molecule has 0 unspecified atom stereocenters. The molecule has 10 heteroatoms. The molecule has 1 saturated carbocycles. The maximum Gasteiger partial charge on any atom is 0.224 e. The van der Waals surface area contributed by atoms with Crippen LogP contribution in [0.25, 0.3) is 20.8 Å². The van der Waals surface area contributed by atoms with Crippen molar-refractivity contribution in [2.75, 3.05) is 44.6 Å². The number of fused-ring (bicyclic) bond motifs is 1. The fourth-order valence-electron chi connectivity index (χ4n) is 4.03. The van der Waals surface area contributed by atoms with Gasteiger partial charge in [0.2, 0.25) is 5.95 Å². The number of anilines is 2. The van der Waals surface area contributed by atoms with Gasteiger partial charge in [-0.2, -0.15) is 4.98 Å². The van der Waals surface area contributed by atoms with Crippen LogP contribution in [0.3, 0.4) is 0 Å². The SMILES string of the molecule is COCCNc1nc(C)c(-c2nc3cc(OC)ccc3s2)c(N[C@@H]2C[C@H](CO)[C@@H](O)C2)n1. The maximum absolute atomic E-state index is 10.2. The summed E-state index contributed by atoms with van der Waals surface area (Å²) in [6.45, 7) is 3.04. The number of methoxy groups -OCH3 is 2. The fourth-order valence-corrected chi connectivity index (χ4v) is 5.07. The van der Waals surface area contributed by atoms with E-state index in [1.165, 1.54) is 0 Å². The summed E-state index contributed by atoms with van der Waals surface area (Å²) >= 11 is 1.57. The molecule has 0 aliphatic heterocycles. The predicted molar refractivity (Wildman–Crippen MR) is 126 cm³/mol. The Morgan fingerprint density at radius 1 is 1.19 bits per heavy atom. The van der Waals surface area contributed by atoms with Gasteiger partial charge >= 0.3 is 0 Å². The number of benzene rings is 1. The topological polar surface area (TPSA) is 122 Å². The molecule has 3 aromatic rings. The van der Waals surface area contributed by atoms with Gasteiger partial charge in [0, 0.05) is 38.3 Å². The van der Waals surface area contributed by atoms with E-state index >= 15 is 0 Å². The highest BCUT2D eigenvalue weighted by Crippen LogP contribution is 2.38. The molecule has 9 nitrogen and oxygen atoms in total. The van der Waals surface area contributed by atoms with Crippen molar-refractivity contribution < 1.29 is 19.7 Å². The highest BCUT2D eigenvalue weighted by Gasteiger charge is 2.33. The van der Waals surface area contributed by atoms with Gasteiger partial charge in [-0.25, -0.2) is 9.97 Å². The van der Waals surface area contributed by atoms with Crippen molar-refractivity contribution in [3.8, 4) is 16.3 Å². The molecule has 3 atom stereocenters. The molecule has 32 heavy (non-hydrogen) atoms. The Kier molecular flexibility index (Phi) is 7.04. The second-order valence-electron chi connectivity index (χ2n) is 7.95. The zero-order valence-electron chi connectivity index (χ0n) is 18.5. The van der Waals surface area contributed by atoms with Crippen LogP contribution in [0, 0.1) is 12.8 Å². The van der Waals surface area contributed by atoms with Crippen molar-refractivity contribution in [3.63, 3.8) is 0 Å². The van der Waals surface area contributed by atoms with Crippen LogP contribution in [0.4, 0.5) is 11.8 Å². The number of nitrogens with one attached hydrogen (secondary N) is 2. The van der Waals surface area contributed by atoms with Crippen molar-refractivity contribution in [1.82, 2.24) is 15.0 Å². The summed E-state index contributed by atoms with van der Waals surface area (Å²) in [4.78, 5) is 14.2. The van der Waals surface area contributed by atoms with Crippen LogP contribution >= 0.6 is 11.3 Å². The van der Waals surface area contributed by atoms with Gasteiger partial charge in [0.15, 0.2) is 0 Å². The summed E-state index contributed by atoms with van der Waals surface area (Å²) in [5.74, 6) is 1.80. The summed E-state index contributed by atoms with van der Waals surface area (Å²) in [5.41, 5.74) is 2.49. The third kappa shape index (κ3) is 4.78. The summed E-state index contributed by atoms with van der Waals surface area (Å²) in [5, 5.41) is 27.3. The van der Waals surface area contributed by atoms with E-state index in [0.717, 1.165) is 32.2 Å². The zero-order chi connectivity index (χ0) is 22.7. The third-order valence-electron chi connectivity index (χ3n) is 5.72. The summed E-state index contributed by atoms with van der Waals surface area (Å²) in [6.07, 6.45) is 0.694. The molecule has 0 radical (unpaired) electrons. The molecule has 1 aliphatic carbocycles. The van der Waals surface area contributed by atoms with E-state index in [1.54, 1.807) is 25.6 Å². The number of aromatic nitrogens is 3. The van der Waals surface area contributed by atoms with Crippen LogP contribution in [0.1, 0.15) is 18.5 Å². The van der Waals surface area contributed by atoms with Gasteiger partial charge in [-0.05, 0) is 31.9 Å². The first-order chi connectivity index (χ1) is 15.5. The average Bonchev–Trinajstić information content (AvgIpc) is 3.35. The normalized spacial score (nSPS) is 20.6. The number of hydrogen-bond acceptors (Lipinski definition) is 10. The monoisotopic (exact) mass is 459 g/mol. The maximum atomic E-state index is 10.2. The molecule has 4 N–H and O–H groups in total. The Hall–Kier alpha value is -2.53. The van der Waals surface area contributed by atoms with Crippen molar-refractivity contribution in [2.24, 2.45) is 5.92 Å². The van der Waals surface area contributed by atoms with Gasteiger partial charge in [-0.15, -0.1) is 11.3 Å². The highest BCUT2D eigenvalue weighted by molar-refractivity contribution is 7.21. The quantitative estimate of drug-likeness (QED) is 0.358. The fraction of sp³-hybridized carbons (Fsp3) is 0.500. The minimum absolute atomic E-state index is 0.00324. The van der Waals surface area contributed by atoms with Crippen LogP contribution < -0.4 is 15.4 Å². The largest absolute Gasteiger partial charge is 0.497 e. The van der Waals surface area contributed by atoms with Gasteiger partial charge in [0.1, 0.15) is 16.6 Å². The number of aryl methyl sites for hydroxylation is 1. The Morgan fingerprint density at radius 3 is 2.75 bits per heavy atom. The lowest BCUT2D eigenvalue weighted by Gasteiger charge is -2.18. The minimum atomic E-state index is -0.530. The lowest BCUT2D eigenvalue weighted by atomic mass is 10.1.